The lowest BCUT2D eigenvalue weighted by molar-refractivity contribution is 0.287. The molecule has 0 spiro atoms. The van der Waals surface area contributed by atoms with E-state index in [9.17, 15) is 8.42 Å². The normalized spacial score (nSPS) is 17.6. The fourth-order valence-electron chi connectivity index (χ4n) is 2.31. The lowest BCUT2D eigenvalue weighted by Gasteiger charge is -2.30. The zero-order chi connectivity index (χ0) is 13.9. The van der Waals surface area contributed by atoms with E-state index < -0.39 is 10.2 Å². The zero-order valence-corrected chi connectivity index (χ0v) is 13.2. The number of hydrogen-bond acceptors (Lipinski definition) is 3. The Kier molecular flexibility index (Phi) is 4.81. The van der Waals surface area contributed by atoms with Gasteiger partial charge in [0.2, 0.25) is 0 Å². The molecule has 19 heavy (non-hydrogen) atoms. The molecule has 1 aliphatic carbocycles. The maximum atomic E-state index is 12.3. The van der Waals surface area contributed by atoms with Crippen LogP contribution in [0.1, 0.15) is 32.1 Å². The molecule has 1 heterocycles. The van der Waals surface area contributed by atoms with Crippen LogP contribution in [0, 0.1) is 0 Å². The summed E-state index contributed by atoms with van der Waals surface area (Å²) in [5.74, 6) is 0. The summed E-state index contributed by atoms with van der Waals surface area (Å²) < 4.78 is 29.2. The fourth-order valence-corrected chi connectivity index (χ4v) is 3.98. The Labute approximate surface area is 122 Å². The van der Waals surface area contributed by atoms with Crippen molar-refractivity contribution in [3.63, 3.8) is 0 Å². The lowest BCUT2D eigenvalue weighted by Crippen LogP contribution is -2.41. The minimum absolute atomic E-state index is 0.0988. The minimum Gasteiger partial charge on any atom is -0.268 e. The van der Waals surface area contributed by atoms with E-state index in [-0.39, 0.29) is 6.04 Å². The molecule has 106 valence electrons. The predicted octanol–water partition coefficient (Wildman–Crippen LogP) is 2.77. The van der Waals surface area contributed by atoms with E-state index in [2.05, 4.69) is 25.6 Å². The van der Waals surface area contributed by atoms with Gasteiger partial charge < -0.3 is 0 Å². The Morgan fingerprint density at radius 3 is 2.68 bits per heavy atom. The van der Waals surface area contributed by atoms with Gasteiger partial charge in [0, 0.05) is 19.3 Å². The first-order valence-electron chi connectivity index (χ1n) is 6.37. The molecule has 0 radical (unpaired) electrons. The van der Waals surface area contributed by atoms with Gasteiger partial charge in [-0.25, -0.2) is 4.98 Å². The van der Waals surface area contributed by atoms with Crippen LogP contribution in [0.25, 0.3) is 0 Å². The molecule has 0 saturated heterocycles. The first-order chi connectivity index (χ1) is 9.00. The van der Waals surface area contributed by atoms with Crippen LogP contribution in [0.15, 0.2) is 22.9 Å². The molecule has 1 aromatic rings. The summed E-state index contributed by atoms with van der Waals surface area (Å²) in [5, 5.41) is 0. The fraction of sp³-hybridized carbons (Fsp3) is 0.583. The van der Waals surface area contributed by atoms with Crippen LogP contribution in [-0.2, 0) is 10.2 Å². The third kappa shape index (κ3) is 3.67. The Hall–Kier alpha value is -0.660. The molecule has 0 bridgehead atoms. The van der Waals surface area contributed by atoms with Crippen molar-refractivity contribution in [3.05, 3.63) is 22.9 Å². The summed E-state index contributed by atoms with van der Waals surface area (Å²) in [6.45, 7) is 0. The SMILES string of the molecule is CN(C1CCCCC1)S(=O)(=O)Nc1cccnc1Br. The highest BCUT2D eigenvalue weighted by molar-refractivity contribution is 9.10. The second kappa shape index (κ2) is 6.19. The molecule has 5 nitrogen and oxygen atoms in total. The van der Waals surface area contributed by atoms with Gasteiger partial charge in [-0.3, -0.25) is 4.72 Å². The van der Waals surface area contributed by atoms with Gasteiger partial charge in [0.05, 0.1) is 5.69 Å². The maximum Gasteiger partial charge on any atom is 0.301 e. The van der Waals surface area contributed by atoms with Crippen molar-refractivity contribution < 1.29 is 8.42 Å². The quantitative estimate of drug-likeness (QED) is 0.851. The molecule has 7 heteroatoms. The number of aromatic nitrogens is 1. The van der Waals surface area contributed by atoms with Gasteiger partial charge in [0.15, 0.2) is 0 Å². The van der Waals surface area contributed by atoms with Crippen LogP contribution < -0.4 is 4.72 Å². The Balaban J connectivity index is 2.11. The van der Waals surface area contributed by atoms with Crippen LogP contribution in [0.5, 0.6) is 0 Å². The number of anilines is 1. The Morgan fingerprint density at radius 2 is 2.05 bits per heavy atom. The highest BCUT2D eigenvalue weighted by atomic mass is 79.9. The van der Waals surface area contributed by atoms with Crippen LogP contribution in [0.3, 0.4) is 0 Å². The van der Waals surface area contributed by atoms with E-state index in [4.69, 9.17) is 0 Å². The van der Waals surface area contributed by atoms with E-state index >= 15 is 0 Å². The molecule has 0 aliphatic heterocycles. The number of hydrogen-bond donors (Lipinski definition) is 1. The molecule has 0 atom stereocenters. The average Bonchev–Trinajstić information content (AvgIpc) is 2.41. The van der Waals surface area contributed by atoms with Gasteiger partial charge in [-0.15, -0.1) is 0 Å². The van der Waals surface area contributed by atoms with Gasteiger partial charge in [0.1, 0.15) is 4.60 Å². The largest absolute Gasteiger partial charge is 0.301 e. The Bertz CT molecular complexity index is 530. The average molecular weight is 348 g/mol. The third-order valence-electron chi connectivity index (χ3n) is 3.47. The van der Waals surface area contributed by atoms with Crippen molar-refractivity contribution in [2.75, 3.05) is 11.8 Å². The number of nitrogens with zero attached hydrogens (tertiary/aromatic N) is 2. The van der Waals surface area contributed by atoms with E-state index in [1.807, 2.05) is 0 Å². The topological polar surface area (TPSA) is 62.3 Å². The molecule has 1 N–H and O–H groups in total. The van der Waals surface area contributed by atoms with Crippen molar-refractivity contribution in [1.29, 1.82) is 0 Å². The highest BCUT2D eigenvalue weighted by Gasteiger charge is 2.27. The zero-order valence-electron chi connectivity index (χ0n) is 10.8. The highest BCUT2D eigenvalue weighted by Crippen LogP contribution is 2.25. The minimum atomic E-state index is -3.52. The second-order valence-corrected chi connectivity index (χ2v) is 7.24. The lowest BCUT2D eigenvalue weighted by atomic mass is 9.96. The van der Waals surface area contributed by atoms with Gasteiger partial charge in [0.25, 0.3) is 0 Å². The molecule has 1 saturated carbocycles. The van der Waals surface area contributed by atoms with Crippen molar-refractivity contribution in [2.45, 2.75) is 38.1 Å². The molecule has 1 fully saturated rings. The molecular weight excluding hydrogens is 330 g/mol. The van der Waals surface area contributed by atoms with Crippen molar-refractivity contribution in [3.8, 4) is 0 Å². The van der Waals surface area contributed by atoms with Crippen LogP contribution in [-0.4, -0.2) is 30.8 Å². The summed E-state index contributed by atoms with van der Waals surface area (Å²) in [6.07, 6.45) is 6.87. The first-order valence-corrected chi connectivity index (χ1v) is 8.60. The molecule has 1 aliphatic rings. The predicted molar refractivity (Wildman–Crippen MR) is 79.1 cm³/mol. The Morgan fingerprint density at radius 1 is 1.37 bits per heavy atom. The number of nitrogens with one attached hydrogen (secondary N) is 1. The molecule has 1 aromatic heterocycles. The standard InChI is InChI=1S/C12H18BrN3O2S/c1-16(10-6-3-2-4-7-10)19(17,18)15-11-8-5-9-14-12(11)13/h5,8-10,15H,2-4,6-7H2,1H3. The molecule has 2 rings (SSSR count). The van der Waals surface area contributed by atoms with Crippen LogP contribution >= 0.6 is 15.9 Å². The summed E-state index contributed by atoms with van der Waals surface area (Å²) in [6, 6.07) is 3.48. The van der Waals surface area contributed by atoms with Crippen molar-refractivity contribution in [1.82, 2.24) is 9.29 Å². The molecule has 0 amide bonds. The van der Waals surface area contributed by atoms with Gasteiger partial charge in [-0.1, -0.05) is 19.3 Å². The molecule has 0 aromatic carbocycles. The van der Waals surface area contributed by atoms with Crippen LogP contribution in [0.4, 0.5) is 5.69 Å². The van der Waals surface area contributed by atoms with E-state index in [1.165, 1.54) is 10.7 Å². The summed E-state index contributed by atoms with van der Waals surface area (Å²) in [5.41, 5.74) is 0.463. The van der Waals surface area contributed by atoms with E-state index in [1.54, 1.807) is 25.4 Å². The number of pyridine rings is 1. The van der Waals surface area contributed by atoms with E-state index in [0.717, 1.165) is 25.7 Å². The van der Waals surface area contributed by atoms with Crippen molar-refractivity contribution in [2.24, 2.45) is 0 Å². The summed E-state index contributed by atoms with van der Waals surface area (Å²) >= 11 is 3.24. The number of rotatable bonds is 4. The van der Waals surface area contributed by atoms with E-state index in [0.29, 0.717) is 10.3 Å². The number of halogens is 1. The van der Waals surface area contributed by atoms with Crippen LogP contribution in [0.2, 0.25) is 0 Å². The monoisotopic (exact) mass is 347 g/mol. The van der Waals surface area contributed by atoms with Gasteiger partial charge in [-0.2, -0.15) is 12.7 Å². The molecule has 0 unspecified atom stereocenters. The second-order valence-electron chi connectivity index (χ2n) is 4.76. The van der Waals surface area contributed by atoms with Gasteiger partial charge >= 0.3 is 10.2 Å². The van der Waals surface area contributed by atoms with Crippen molar-refractivity contribution >= 4 is 31.8 Å². The first kappa shape index (κ1) is 14.7. The van der Waals surface area contributed by atoms with Gasteiger partial charge in [-0.05, 0) is 40.9 Å². The molecular formula is C12H18BrN3O2S. The smallest absolute Gasteiger partial charge is 0.268 e. The maximum absolute atomic E-state index is 12.3. The third-order valence-corrected chi connectivity index (χ3v) is 5.63. The summed E-state index contributed by atoms with van der Waals surface area (Å²) in [4.78, 5) is 4.01. The summed E-state index contributed by atoms with van der Waals surface area (Å²) in [7, 11) is -1.88.